The molecule has 3 aromatic rings. The molecular weight excluding hydrogens is 469 g/mol. The maximum absolute atomic E-state index is 12.6. The molecule has 0 aliphatic rings. The lowest BCUT2D eigenvalue weighted by atomic mass is 10.1. The molecule has 0 bridgehead atoms. The molecule has 0 radical (unpaired) electrons. The summed E-state index contributed by atoms with van der Waals surface area (Å²) in [7, 11) is 2.27. The number of phenolic OH excluding ortho intramolecular Hbond substituents is 1. The lowest BCUT2D eigenvalue weighted by Crippen LogP contribution is -3.00. The molecule has 6 heteroatoms. The Hall–Kier alpha value is -1.80. The molecule has 3 rings (SSSR count). The summed E-state index contributed by atoms with van der Waals surface area (Å²) in [6.07, 6.45) is 2.02. The Labute approximate surface area is 182 Å². The van der Waals surface area contributed by atoms with Gasteiger partial charge in [0.25, 0.3) is 0 Å². The van der Waals surface area contributed by atoms with Gasteiger partial charge in [-0.15, -0.1) is 0 Å². The van der Waals surface area contributed by atoms with Crippen molar-refractivity contribution in [1.82, 2.24) is 0 Å². The molecule has 28 heavy (non-hydrogen) atoms. The van der Waals surface area contributed by atoms with Gasteiger partial charge in [-0.3, -0.25) is 4.79 Å². The van der Waals surface area contributed by atoms with Gasteiger partial charge in [0.1, 0.15) is 28.1 Å². The van der Waals surface area contributed by atoms with Gasteiger partial charge < -0.3 is 42.7 Å². The van der Waals surface area contributed by atoms with Crippen molar-refractivity contribution in [1.29, 1.82) is 0 Å². The fraction of sp³-hybridized carbons (Fsp3) is 0.409. The molecule has 2 aromatic carbocycles. The highest BCUT2D eigenvalue weighted by molar-refractivity contribution is 5.93. The SMILES string of the molecule is CC[N+](C)(CC)CCCCOc1cc(O)c2c(=O)c3ccccc3oc2c1.[I-]. The minimum Gasteiger partial charge on any atom is -1.00 e. The summed E-state index contributed by atoms with van der Waals surface area (Å²) in [4.78, 5) is 12.6. The van der Waals surface area contributed by atoms with Crippen LogP contribution in [0, 0.1) is 0 Å². The maximum atomic E-state index is 12.6. The molecule has 1 aromatic heterocycles. The molecule has 0 saturated carbocycles. The second kappa shape index (κ2) is 9.60. The van der Waals surface area contributed by atoms with Gasteiger partial charge in [0, 0.05) is 12.1 Å². The van der Waals surface area contributed by atoms with Crippen LogP contribution >= 0.6 is 0 Å². The van der Waals surface area contributed by atoms with Crippen LogP contribution in [0.1, 0.15) is 26.7 Å². The van der Waals surface area contributed by atoms with E-state index in [1.54, 1.807) is 24.3 Å². The van der Waals surface area contributed by atoms with Crippen LogP contribution in [-0.2, 0) is 0 Å². The first-order chi connectivity index (χ1) is 13.0. The van der Waals surface area contributed by atoms with Gasteiger partial charge in [-0.1, -0.05) is 12.1 Å². The van der Waals surface area contributed by atoms with Gasteiger partial charge in [0.15, 0.2) is 0 Å². The average Bonchev–Trinajstić information content (AvgIpc) is 2.67. The largest absolute Gasteiger partial charge is 1.00 e. The van der Waals surface area contributed by atoms with E-state index in [0.29, 0.717) is 28.9 Å². The Morgan fingerprint density at radius 2 is 1.79 bits per heavy atom. The summed E-state index contributed by atoms with van der Waals surface area (Å²) in [6, 6.07) is 10.2. The average molecular weight is 497 g/mol. The van der Waals surface area contributed by atoms with E-state index in [1.165, 1.54) is 6.07 Å². The van der Waals surface area contributed by atoms with Gasteiger partial charge in [-0.2, -0.15) is 0 Å². The van der Waals surface area contributed by atoms with Crippen molar-refractivity contribution in [2.45, 2.75) is 26.7 Å². The summed E-state index contributed by atoms with van der Waals surface area (Å²) < 4.78 is 12.7. The number of aromatic hydroxyl groups is 1. The van der Waals surface area contributed by atoms with Crippen molar-refractivity contribution in [3.63, 3.8) is 0 Å². The molecule has 0 atom stereocenters. The van der Waals surface area contributed by atoms with Crippen LogP contribution in [0.4, 0.5) is 0 Å². The lowest BCUT2D eigenvalue weighted by molar-refractivity contribution is -0.906. The fourth-order valence-electron chi connectivity index (χ4n) is 3.29. The molecule has 1 N–H and O–H groups in total. The highest BCUT2D eigenvalue weighted by Gasteiger charge is 2.16. The molecule has 0 amide bonds. The second-order valence-corrected chi connectivity index (χ2v) is 7.27. The van der Waals surface area contributed by atoms with E-state index in [2.05, 4.69) is 20.9 Å². The molecule has 0 unspecified atom stereocenters. The predicted octanol–water partition coefficient (Wildman–Crippen LogP) is 1.30. The zero-order valence-corrected chi connectivity index (χ0v) is 18.9. The molecular formula is C22H28INO4. The van der Waals surface area contributed by atoms with E-state index < -0.39 is 0 Å². The number of fused-ring (bicyclic) bond motifs is 2. The van der Waals surface area contributed by atoms with Crippen molar-refractivity contribution in [3.05, 3.63) is 46.6 Å². The number of halogens is 1. The monoisotopic (exact) mass is 497 g/mol. The van der Waals surface area contributed by atoms with Crippen LogP contribution in [-0.4, -0.2) is 42.9 Å². The van der Waals surface area contributed by atoms with Crippen LogP contribution < -0.4 is 34.1 Å². The van der Waals surface area contributed by atoms with Gasteiger partial charge in [0.2, 0.25) is 5.43 Å². The minimum absolute atomic E-state index is 0. The van der Waals surface area contributed by atoms with Crippen molar-refractivity contribution >= 4 is 21.9 Å². The van der Waals surface area contributed by atoms with Gasteiger partial charge >= 0.3 is 0 Å². The predicted molar refractivity (Wildman–Crippen MR) is 109 cm³/mol. The standard InChI is InChI=1S/C22H27NO4.HI/c1-4-23(3,5-2)12-8-9-13-26-16-14-18(24)21-20(15-16)27-19-11-7-6-10-17(19)22(21)25;/h6-7,10-11,14-15H,4-5,8-9,12-13H2,1-3H3;1H. The zero-order chi connectivity index (χ0) is 19.4. The van der Waals surface area contributed by atoms with Gasteiger partial charge in [-0.05, 0) is 38.8 Å². The number of quaternary nitrogens is 1. The Morgan fingerprint density at radius 3 is 2.50 bits per heavy atom. The molecule has 152 valence electrons. The summed E-state index contributed by atoms with van der Waals surface area (Å²) >= 11 is 0. The summed E-state index contributed by atoms with van der Waals surface area (Å²) in [5.41, 5.74) is 0.615. The van der Waals surface area contributed by atoms with Crippen molar-refractivity contribution in [3.8, 4) is 11.5 Å². The van der Waals surface area contributed by atoms with Gasteiger partial charge in [-0.25, -0.2) is 0 Å². The highest BCUT2D eigenvalue weighted by Crippen LogP contribution is 2.30. The maximum Gasteiger partial charge on any atom is 0.204 e. The fourth-order valence-corrected chi connectivity index (χ4v) is 3.29. The molecule has 1 heterocycles. The number of nitrogens with zero attached hydrogens (tertiary/aromatic N) is 1. The third-order valence-corrected chi connectivity index (χ3v) is 5.52. The van der Waals surface area contributed by atoms with Crippen molar-refractivity contribution < 1.29 is 42.7 Å². The number of hydrogen-bond donors (Lipinski definition) is 1. The number of hydrogen-bond acceptors (Lipinski definition) is 4. The number of ether oxygens (including phenoxy) is 1. The number of rotatable bonds is 8. The number of para-hydroxylation sites is 1. The van der Waals surface area contributed by atoms with Gasteiger partial charge in [0.05, 0.1) is 38.7 Å². The van der Waals surface area contributed by atoms with E-state index in [-0.39, 0.29) is 40.5 Å². The van der Waals surface area contributed by atoms with Crippen LogP contribution in [0.3, 0.4) is 0 Å². The molecule has 0 saturated heterocycles. The Morgan fingerprint density at radius 1 is 1.07 bits per heavy atom. The minimum atomic E-state index is -0.230. The normalized spacial score (nSPS) is 11.5. The Balaban J connectivity index is 0.00000280. The first-order valence-corrected chi connectivity index (χ1v) is 9.62. The Kier molecular flexibility index (Phi) is 7.71. The summed E-state index contributed by atoms with van der Waals surface area (Å²) in [5.74, 6) is 0.407. The first kappa shape index (κ1) is 22.5. The molecule has 0 aliphatic carbocycles. The van der Waals surface area contributed by atoms with E-state index in [9.17, 15) is 9.90 Å². The van der Waals surface area contributed by atoms with Crippen LogP contribution in [0.25, 0.3) is 21.9 Å². The molecule has 5 nitrogen and oxygen atoms in total. The zero-order valence-electron chi connectivity index (χ0n) is 16.7. The number of phenols is 1. The second-order valence-electron chi connectivity index (χ2n) is 7.27. The van der Waals surface area contributed by atoms with E-state index >= 15 is 0 Å². The highest BCUT2D eigenvalue weighted by atomic mass is 127. The third-order valence-electron chi connectivity index (χ3n) is 5.52. The van der Waals surface area contributed by atoms with E-state index in [0.717, 1.165) is 37.0 Å². The van der Waals surface area contributed by atoms with Crippen LogP contribution in [0.2, 0.25) is 0 Å². The van der Waals surface area contributed by atoms with Crippen molar-refractivity contribution in [2.75, 3.05) is 33.3 Å². The quantitative estimate of drug-likeness (QED) is 0.221. The molecule has 0 spiro atoms. The number of benzene rings is 2. The Bertz CT molecular complexity index is 995. The topological polar surface area (TPSA) is 59.7 Å². The van der Waals surface area contributed by atoms with E-state index in [1.807, 2.05) is 6.07 Å². The third kappa shape index (κ3) is 4.78. The molecule has 0 fully saturated rings. The summed E-state index contributed by atoms with van der Waals surface area (Å²) in [6.45, 7) is 8.38. The summed E-state index contributed by atoms with van der Waals surface area (Å²) in [5, 5.41) is 11.0. The van der Waals surface area contributed by atoms with Crippen LogP contribution in [0.5, 0.6) is 11.5 Å². The first-order valence-electron chi connectivity index (χ1n) is 9.62. The lowest BCUT2D eigenvalue weighted by Gasteiger charge is -2.32. The smallest absolute Gasteiger partial charge is 0.204 e. The van der Waals surface area contributed by atoms with E-state index in [4.69, 9.17) is 9.15 Å². The van der Waals surface area contributed by atoms with Crippen LogP contribution in [0.15, 0.2) is 45.6 Å². The molecule has 0 aliphatic heterocycles. The van der Waals surface area contributed by atoms with Crippen molar-refractivity contribution in [2.24, 2.45) is 0 Å². The number of unbranched alkanes of at least 4 members (excludes halogenated alkanes) is 1.